The van der Waals surface area contributed by atoms with E-state index in [1.165, 1.54) is 2.95 Å². The van der Waals surface area contributed by atoms with Crippen molar-refractivity contribution in [3.63, 3.8) is 0 Å². The van der Waals surface area contributed by atoms with Crippen molar-refractivity contribution in [2.24, 2.45) is 5.73 Å². The maximum Gasteiger partial charge on any atom is 0.322 e. The van der Waals surface area contributed by atoms with Gasteiger partial charge >= 0.3 is 5.97 Å². The van der Waals surface area contributed by atoms with Gasteiger partial charge in [-0.1, -0.05) is 0 Å². The number of carbonyl (C=O) groups is 1. The highest BCUT2D eigenvalue weighted by molar-refractivity contribution is 9.21. The molecule has 0 amide bonds. The van der Waals surface area contributed by atoms with Crippen LogP contribution >= 0.6 is 32.3 Å². The highest BCUT2D eigenvalue weighted by Crippen LogP contribution is 2.16. The number of carboxylic acid groups (broad SMARTS) is 1. The molecular weight excluding hydrogens is 280 g/mol. The molecule has 11 heavy (non-hydrogen) atoms. The van der Waals surface area contributed by atoms with Crippen molar-refractivity contribution < 1.29 is 9.90 Å². The average Bonchev–Trinajstić information content (AvgIpc) is 1.87. The lowest BCUT2D eigenvalue weighted by molar-refractivity contribution is -0.140. The van der Waals surface area contributed by atoms with Gasteiger partial charge in [0.25, 0.3) is 0 Å². The molecule has 0 rings (SSSR count). The fourth-order valence-electron chi connectivity index (χ4n) is 0.616. The second kappa shape index (κ2) is 5.93. The van der Waals surface area contributed by atoms with E-state index in [1.54, 1.807) is 0 Å². The molecule has 66 valence electrons. The van der Waals surface area contributed by atoms with Crippen LogP contribution in [0.4, 0.5) is 0 Å². The first-order valence-electron chi connectivity index (χ1n) is 3.13. The van der Waals surface area contributed by atoms with E-state index in [-0.39, 0.29) is 0 Å². The van der Waals surface area contributed by atoms with E-state index in [4.69, 9.17) is 10.8 Å². The van der Waals surface area contributed by atoms with Gasteiger partial charge in [0.2, 0.25) is 0 Å². The van der Waals surface area contributed by atoms with Crippen molar-refractivity contribution >= 4 is 38.3 Å². The summed E-state index contributed by atoms with van der Waals surface area (Å²) in [5, 5.41) is 8.63. The van der Waals surface area contributed by atoms with Gasteiger partial charge < -0.3 is 10.8 Å². The van der Waals surface area contributed by atoms with E-state index >= 15 is 0 Å². The van der Waals surface area contributed by atoms with Crippen LogP contribution in [0.5, 0.6) is 0 Å². The van der Waals surface area contributed by atoms with Gasteiger partial charge in [0.15, 0.2) is 0 Å². The van der Waals surface area contributed by atoms with E-state index in [0.717, 1.165) is 0 Å². The molecule has 0 aliphatic rings. The largest absolute Gasteiger partial charge is 0.480 e. The Morgan fingerprint density at radius 1 is 1.64 bits per heavy atom. The van der Waals surface area contributed by atoms with Crippen LogP contribution in [-0.4, -0.2) is 26.6 Å². The van der Waals surface area contributed by atoms with Crippen LogP contribution in [0.2, 0.25) is 0 Å². The van der Waals surface area contributed by atoms with Crippen LogP contribution in [0.15, 0.2) is 0 Å². The third-order valence-electron chi connectivity index (χ3n) is 1.20. The van der Waals surface area contributed by atoms with Gasteiger partial charge in [0.1, 0.15) is 6.04 Å². The minimum atomic E-state index is -0.868. The number of nitrogens with two attached hydrogens (primary N) is 1. The van der Waals surface area contributed by atoms with Crippen molar-refractivity contribution in [2.45, 2.75) is 18.9 Å². The second-order valence-electron chi connectivity index (χ2n) is 2.04. The summed E-state index contributed by atoms with van der Waals surface area (Å²) >= 11 is 6.00. The second-order valence-corrected chi connectivity index (χ2v) is 4.52. The third-order valence-corrected chi connectivity index (χ3v) is 2.19. The Hall–Kier alpha value is 0.350. The number of hydrogen-bond donors (Lipinski definition) is 2. The molecule has 0 aliphatic heterocycles. The summed E-state index contributed by atoms with van der Waals surface area (Å²) < 4.78 is 1.32. The summed E-state index contributed by atoms with van der Waals surface area (Å²) in [6.07, 6.45) is 1.23. The quantitative estimate of drug-likeness (QED) is 0.744. The van der Waals surface area contributed by atoms with Crippen molar-refractivity contribution in [3.05, 3.63) is 0 Å². The van der Waals surface area contributed by atoms with Gasteiger partial charge in [0, 0.05) is 32.3 Å². The number of hydrogen-bond acceptors (Lipinski definition) is 3. The number of aliphatic carboxylic acids is 1. The fraction of sp³-hybridized carbons (Fsp3) is 0.800. The molecule has 0 bridgehead atoms. The molecular formula is C5H10Br2N2O2. The average molecular weight is 290 g/mol. The molecule has 4 nitrogen and oxygen atoms in total. The summed E-state index contributed by atoms with van der Waals surface area (Å²) in [5.41, 5.74) is 5.24. The molecule has 3 N–H and O–H groups in total. The Morgan fingerprint density at radius 3 is 2.45 bits per heavy atom. The molecule has 0 aromatic heterocycles. The number of carboxylic acids is 1. The predicted octanol–water partition coefficient (Wildman–Crippen LogP) is 1.10. The first-order chi connectivity index (χ1) is 5.09. The van der Waals surface area contributed by atoms with E-state index in [0.29, 0.717) is 19.4 Å². The molecule has 0 aromatic carbocycles. The Labute approximate surface area is 82.4 Å². The van der Waals surface area contributed by atoms with Crippen molar-refractivity contribution in [1.29, 1.82) is 0 Å². The summed E-state index contributed by atoms with van der Waals surface area (Å²) in [7, 11) is 0. The molecule has 0 saturated carbocycles. The molecule has 0 heterocycles. The highest BCUT2D eigenvalue weighted by atomic mass is 79.9. The topological polar surface area (TPSA) is 66.6 Å². The number of nitrogens with zero attached hydrogens (tertiary/aromatic N) is 1. The van der Waals surface area contributed by atoms with Crippen molar-refractivity contribution in [3.8, 4) is 0 Å². The zero-order valence-corrected chi connectivity index (χ0v) is 9.01. The lowest BCUT2D eigenvalue weighted by Crippen LogP contribution is -2.29. The molecule has 6 heteroatoms. The summed E-state index contributed by atoms with van der Waals surface area (Å²) in [6, 6.07) is -0.557. The molecule has 0 saturated heterocycles. The minimum absolute atomic E-state index is 0.512. The maximum atomic E-state index is 10.5. The Kier molecular flexibility index (Phi) is 6.12. The lowest BCUT2D eigenvalue weighted by Gasteiger charge is -2.14. The van der Waals surface area contributed by atoms with Crippen LogP contribution in [-0.2, 0) is 4.79 Å². The fourth-order valence-corrected chi connectivity index (χ4v) is 1.38. The third kappa shape index (κ3) is 4.73. The van der Waals surface area contributed by atoms with Gasteiger partial charge in [-0.25, -0.2) is 0 Å². The van der Waals surface area contributed by atoms with Crippen LogP contribution < -0.4 is 5.73 Å². The van der Waals surface area contributed by atoms with Gasteiger partial charge in [0.05, 0.1) is 0 Å². The standard InChI is InChI=1S/C5H10Br2N2O2/c6-9(7)4(5(10)11)2-1-3-8/h4H,1-3,8H2,(H,10,11)/t4-/m1/s1. The monoisotopic (exact) mass is 288 g/mol. The van der Waals surface area contributed by atoms with Gasteiger partial charge in [-0.3, -0.25) is 4.79 Å². The smallest absolute Gasteiger partial charge is 0.322 e. The summed E-state index contributed by atoms with van der Waals surface area (Å²) in [4.78, 5) is 10.5. The Bertz CT molecular complexity index is 132. The van der Waals surface area contributed by atoms with E-state index in [1.807, 2.05) is 0 Å². The molecule has 0 unspecified atom stereocenters. The van der Waals surface area contributed by atoms with Gasteiger partial charge in [-0.15, -0.1) is 0 Å². The summed E-state index contributed by atoms with van der Waals surface area (Å²) in [5.74, 6) is -0.868. The first kappa shape index (κ1) is 11.4. The molecule has 0 aromatic rings. The number of rotatable bonds is 5. The van der Waals surface area contributed by atoms with Gasteiger partial charge in [-0.2, -0.15) is 2.95 Å². The van der Waals surface area contributed by atoms with Crippen molar-refractivity contribution in [2.75, 3.05) is 6.54 Å². The SMILES string of the molecule is NCCC[C@H](C(=O)O)N(Br)Br. The minimum Gasteiger partial charge on any atom is -0.480 e. The molecule has 0 spiro atoms. The Morgan fingerprint density at radius 2 is 2.18 bits per heavy atom. The van der Waals surface area contributed by atoms with E-state index < -0.39 is 12.0 Å². The number of halogens is 2. The normalized spacial score (nSPS) is 13.5. The Balaban J connectivity index is 3.80. The highest BCUT2D eigenvalue weighted by Gasteiger charge is 2.21. The van der Waals surface area contributed by atoms with Crippen LogP contribution in [0.1, 0.15) is 12.8 Å². The molecule has 0 fully saturated rings. The predicted molar refractivity (Wildman–Crippen MR) is 49.4 cm³/mol. The maximum absolute atomic E-state index is 10.5. The van der Waals surface area contributed by atoms with Gasteiger partial charge in [-0.05, 0) is 19.4 Å². The van der Waals surface area contributed by atoms with E-state index in [2.05, 4.69) is 32.3 Å². The first-order valence-corrected chi connectivity index (χ1v) is 4.55. The lowest BCUT2D eigenvalue weighted by atomic mass is 10.2. The molecule has 1 atom stereocenters. The van der Waals surface area contributed by atoms with Crippen LogP contribution in [0, 0.1) is 0 Å². The van der Waals surface area contributed by atoms with Crippen LogP contribution in [0.25, 0.3) is 0 Å². The van der Waals surface area contributed by atoms with Crippen LogP contribution in [0.3, 0.4) is 0 Å². The van der Waals surface area contributed by atoms with Crippen molar-refractivity contribution in [1.82, 2.24) is 2.95 Å². The molecule has 0 radical (unpaired) electrons. The zero-order chi connectivity index (χ0) is 8.85. The summed E-state index contributed by atoms with van der Waals surface area (Å²) in [6.45, 7) is 0.512. The zero-order valence-electron chi connectivity index (χ0n) is 5.83. The van der Waals surface area contributed by atoms with E-state index in [9.17, 15) is 4.79 Å². The molecule has 0 aliphatic carbocycles.